The molecular formula is C28H21FN2O2. The van der Waals surface area contributed by atoms with Gasteiger partial charge in [0.25, 0.3) is 0 Å². The molecule has 3 aromatic carbocycles. The molecule has 0 N–H and O–H groups in total. The highest BCUT2D eigenvalue weighted by Gasteiger charge is 2.12. The van der Waals surface area contributed by atoms with E-state index in [0.29, 0.717) is 23.8 Å². The molecule has 0 atom stereocenters. The number of aromatic nitrogens is 2. The van der Waals surface area contributed by atoms with E-state index in [1.807, 2.05) is 73.8 Å². The molecule has 5 rings (SSSR count). The zero-order valence-electron chi connectivity index (χ0n) is 18.0. The summed E-state index contributed by atoms with van der Waals surface area (Å²) in [5, 5.41) is 0. The molecule has 0 aliphatic carbocycles. The van der Waals surface area contributed by atoms with Gasteiger partial charge >= 0.3 is 0 Å². The van der Waals surface area contributed by atoms with Crippen LogP contribution in [0.4, 0.5) is 4.39 Å². The number of ether oxygens (including phenoxy) is 1. The third-order valence-corrected chi connectivity index (χ3v) is 5.36. The van der Waals surface area contributed by atoms with Crippen LogP contribution in [-0.2, 0) is 6.42 Å². The molecule has 0 fully saturated rings. The van der Waals surface area contributed by atoms with Crippen LogP contribution in [0.1, 0.15) is 17.0 Å². The van der Waals surface area contributed by atoms with Crippen LogP contribution in [0.3, 0.4) is 0 Å². The Balaban J connectivity index is 1.28. The predicted octanol–water partition coefficient (Wildman–Crippen LogP) is 7.23. The van der Waals surface area contributed by atoms with E-state index < -0.39 is 0 Å². The van der Waals surface area contributed by atoms with Crippen molar-refractivity contribution in [3.63, 3.8) is 0 Å². The van der Waals surface area contributed by atoms with Crippen LogP contribution in [0.5, 0.6) is 11.5 Å². The van der Waals surface area contributed by atoms with Gasteiger partial charge in [0.1, 0.15) is 23.1 Å². The maximum Gasteiger partial charge on any atom is 0.226 e. The highest BCUT2D eigenvalue weighted by Crippen LogP contribution is 2.27. The molecule has 0 unspecified atom stereocenters. The van der Waals surface area contributed by atoms with Gasteiger partial charge in [-0.1, -0.05) is 30.3 Å². The van der Waals surface area contributed by atoms with Crippen molar-refractivity contribution in [2.24, 2.45) is 0 Å². The monoisotopic (exact) mass is 436 g/mol. The van der Waals surface area contributed by atoms with Gasteiger partial charge in [0.15, 0.2) is 0 Å². The zero-order chi connectivity index (χ0) is 22.6. The lowest BCUT2D eigenvalue weighted by Gasteiger charge is -2.06. The van der Waals surface area contributed by atoms with E-state index in [-0.39, 0.29) is 5.82 Å². The molecule has 5 aromatic rings. The van der Waals surface area contributed by atoms with Gasteiger partial charge in [0.05, 0.1) is 5.69 Å². The second-order valence-electron chi connectivity index (χ2n) is 7.72. The van der Waals surface area contributed by atoms with Crippen LogP contribution in [-0.4, -0.2) is 9.97 Å². The second-order valence-corrected chi connectivity index (χ2v) is 7.72. The van der Waals surface area contributed by atoms with Crippen molar-refractivity contribution in [1.29, 1.82) is 0 Å². The lowest BCUT2D eigenvalue weighted by Crippen LogP contribution is -1.92. The Hall–Kier alpha value is -4.25. The number of aryl methyl sites for hydroxylation is 1. The lowest BCUT2D eigenvalue weighted by atomic mass is 10.1. The van der Waals surface area contributed by atoms with Crippen molar-refractivity contribution in [2.45, 2.75) is 13.3 Å². The highest BCUT2D eigenvalue weighted by molar-refractivity contribution is 5.66. The molecule has 5 heteroatoms. The number of halogens is 1. The number of hydrogen-bond donors (Lipinski definition) is 0. The van der Waals surface area contributed by atoms with Crippen LogP contribution >= 0.6 is 0 Å². The summed E-state index contributed by atoms with van der Waals surface area (Å²) in [5.74, 6) is 2.40. The van der Waals surface area contributed by atoms with E-state index in [2.05, 4.69) is 4.98 Å². The van der Waals surface area contributed by atoms with Crippen molar-refractivity contribution in [2.75, 3.05) is 0 Å². The van der Waals surface area contributed by atoms with E-state index in [4.69, 9.17) is 14.1 Å². The first-order valence-corrected chi connectivity index (χ1v) is 10.6. The first-order chi connectivity index (χ1) is 16.1. The highest BCUT2D eigenvalue weighted by atomic mass is 19.1. The molecule has 162 valence electrons. The third-order valence-electron chi connectivity index (χ3n) is 5.36. The fourth-order valence-corrected chi connectivity index (χ4v) is 3.56. The Morgan fingerprint density at radius 3 is 2.12 bits per heavy atom. The maximum atomic E-state index is 13.0. The van der Waals surface area contributed by atoms with E-state index in [1.54, 1.807) is 18.3 Å². The average molecular weight is 436 g/mol. The molecule has 33 heavy (non-hydrogen) atoms. The Morgan fingerprint density at radius 1 is 0.788 bits per heavy atom. The molecular weight excluding hydrogens is 415 g/mol. The number of rotatable bonds is 6. The van der Waals surface area contributed by atoms with Crippen LogP contribution < -0.4 is 4.74 Å². The molecule has 0 saturated heterocycles. The number of oxazole rings is 1. The lowest BCUT2D eigenvalue weighted by molar-refractivity contribution is 0.480. The van der Waals surface area contributed by atoms with Crippen LogP contribution in [0.25, 0.3) is 22.6 Å². The van der Waals surface area contributed by atoms with Gasteiger partial charge in [-0.25, -0.2) is 9.37 Å². The van der Waals surface area contributed by atoms with Crippen molar-refractivity contribution in [3.05, 3.63) is 120 Å². The Morgan fingerprint density at radius 2 is 1.45 bits per heavy atom. The van der Waals surface area contributed by atoms with Gasteiger partial charge in [0, 0.05) is 24.4 Å². The molecule has 0 bridgehead atoms. The van der Waals surface area contributed by atoms with Gasteiger partial charge in [-0.2, -0.15) is 0 Å². The minimum Gasteiger partial charge on any atom is -0.457 e. The largest absolute Gasteiger partial charge is 0.457 e. The van der Waals surface area contributed by atoms with E-state index >= 15 is 0 Å². The Bertz CT molecular complexity index is 1340. The van der Waals surface area contributed by atoms with Crippen molar-refractivity contribution >= 4 is 0 Å². The number of hydrogen-bond acceptors (Lipinski definition) is 4. The molecule has 0 spiro atoms. The first kappa shape index (κ1) is 20.6. The van der Waals surface area contributed by atoms with Gasteiger partial charge in [-0.05, 0) is 78.2 Å². The second kappa shape index (κ2) is 9.09. The number of benzene rings is 3. The molecule has 0 radical (unpaired) electrons. The van der Waals surface area contributed by atoms with E-state index in [9.17, 15) is 4.39 Å². The molecule has 0 saturated carbocycles. The number of nitrogens with zero attached hydrogens (tertiary/aromatic N) is 2. The maximum absolute atomic E-state index is 13.0. The quantitative estimate of drug-likeness (QED) is 0.282. The van der Waals surface area contributed by atoms with Gasteiger partial charge in [-0.15, -0.1) is 0 Å². The molecule has 2 heterocycles. The molecule has 0 aliphatic heterocycles. The van der Waals surface area contributed by atoms with Crippen molar-refractivity contribution in [1.82, 2.24) is 9.97 Å². The standard InChI is InChI=1S/C28H21FN2O2/c1-19-27(17-20-4-12-25(13-5-20)33-26-14-10-24(29)11-15-26)31-28(32-19)22-8-6-21(7-9-22)23-3-2-16-30-18-23/h2-16,18H,17H2,1H3. The minimum atomic E-state index is -0.288. The summed E-state index contributed by atoms with van der Waals surface area (Å²) in [4.78, 5) is 8.90. The smallest absolute Gasteiger partial charge is 0.226 e. The summed E-state index contributed by atoms with van der Waals surface area (Å²) < 4.78 is 24.8. The normalized spacial score (nSPS) is 10.8. The fourth-order valence-electron chi connectivity index (χ4n) is 3.56. The van der Waals surface area contributed by atoms with Crippen molar-refractivity contribution < 1.29 is 13.5 Å². The Labute approximate surface area is 191 Å². The summed E-state index contributed by atoms with van der Waals surface area (Å²) >= 11 is 0. The molecule has 0 amide bonds. The summed E-state index contributed by atoms with van der Waals surface area (Å²) in [6.45, 7) is 1.93. The third kappa shape index (κ3) is 4.83. The fraction of sp³-hybridized carbons (Fsp3) is 0.0714. The van der Waals surface area contributed by atoms with Crippen molar-refractivity contribution in [3.8, 4) is 34.1 Å². The SMILES string of the molecule is Cc1oc(-c2ccc(-c3cccnc3)cc2)nc1Cc1ccc(Oc2ccc(F)cc2)cc1. The van der Waals surface area contributed by atoms with Gasteiger partial charge in [0.2, 0.25) is 5.89 Å². The summed E-state index contributed by atoms with van der Waals surface area (Å²) in [6.07, 6.45) is 4.26. The van der Waals surface area contributed by atoms with E-state index in [0.717, 1.165) is 33.7 Å². The zero-order valence-corrected chi connectivity index (χ0v) is 18.0. The molecule has 2 aromatic heterocycles. The first-order valence-electron chi connectivity index (χ1n) is 10.6. The summed E-state index contributed by atoms with van der Waals surface area (Å²) in [6, 6.07) is 25.8. The van der Waals surface area contributed by atoms with E-state index in [1.165, 1.54) is 12.1 Å². The van der Waals surface area contributed by atoms with Crippen LogP contribution in [0, 0.1) is 12.7 Å². The van der Waals surface area contributed by atoms with Gasteiger partial charge in [-0.3, -0.25) is 4.98 Å². The summed E-state index contributed by atoms with van der Waals surface area (Å²) in [7, 11) is 0. The minimum absolute atomic E-state index is 0.288. The predicted molar refractivity (Wildman–Crippen MR) is 126 cm³/mol. The topological polar surface area (TPSA) is 48.2 Å². The Kier molecular flexibility index (Phi) is 5.68. The summed E-state index contributed by atoms with van der Waals surface area (Å²) in [5.41, 5.74) is 5.09. The average Bonchev–Trinajstić information content (AvgIpc) is 3.22. The molecule has 4 nitrogen and oxygen atoms in total. The van der Waals surface area contributed by atoms with Gasteiger partial charge < -0.3 is 9.15 Å². The number of pyridine rings is 1. The molecule has 0 aliphatic rings. The van der Waals surface area contributed by atoms with Crippen LogP contribution in [0.15, 0.2) is 102 Å². The van der Waals surface area contributed by atoms with Crippen LogP contribution in [0.2, 0.25) is 0 Å².